The average Bonchev–Trinajstić information content (AvgIpc) is 2.19. The molecule has 1 aromatic heterocycles. The number of ether oxygens (including phenoxy) is 1. The second-order valence-corrected chi connectivity index (χ2v) is 3.03. The first kappa shape index (κ1) is 10.1. The highest BCUT2D eigenvalue weighted by Gasteiger charge is 1.92. The summed E-state index contributed by atoms with van der Waals surface area (Å²) in [6.07, 6.45) is 3.76. The molecule has 0 aliphatic carbocycles. The van der Waals surface area contributed by atoms with Gasteiger partial charge in [-0.15, -0.1) is 11.6 Å². The van der Waals surface area contributed by atoms with Crippen LogP contribution in [0.15, 0.2) is 23.9 Å². The summed E-state index contributed by atoms with van der Waals surface area (Å²) in [6.45, 7) is 1.98. The van der Waals surface area contributed by atoms with Crippen molar-refractivity contribution in [3.8, 4) is 5.88 Å². The van der Waals surface area contributed by atoms with E-state index in [4.69, 9.17) is 16.3 Å². The molecule has 0 spiro atoms. The van der Waals surface area contributed by atoms with Gasteiger partial charge in [-0.25, -0.2) is 4.98 Å². The molecule has 0 amide bonds. The van der Waals surface area contributed by atoms with E-state index in [0.29, 0.717) is 11.8 Å². The minimum absolute atomic E-state index is 0.548. The zero-order chi connectivity index (χ0) is 9.68. The van der Waals surface area contributed by atoms with E-state index in [1.54, 1.807) is 13.3 Å². The Bertz CT molecular complexity index is 292. The Balaban J connectivity index is 2.80. The Labute approximate surface area is 83.2 Å². The van der Waals surface area contributed by atoms with Crippen molar-refractivity contribution < 1.29 is 4.74 Å². The van der Waals surface area contributed by atoms with Crippen LogP contribution >= 0.6 is 11.6 Å². The predicted octanol–water partition coefficient (Wildman–Crippen LogP) is 2.73. The van der Waals surface area contributed by atoms with Crippen LogP contribution in [0.2, 0.25) is 0 Å². The van der Waals surface area contributed by atoms with Crippen LogP contribution in [0.3, 0.4) is 0 Å². The Morgan fingerprint density at radius 1 is 1.62 bits per heavy atom. The molecule has 0 saturated carbocycles. The number of nitrogens with zero attached hydrogens (tertiary/aromatic N) is 1. The Morgan fingerprint density at radius 3 is 2.85 bits per heavy atom. The predicted molar refractivity (Wildman–Crippen MR) is 55.2 cm³/mol. The number of aromatic nitrogens is 1. The Kier molecular flexibility index (Phi) is 3.77. The van der Waals surface area contributed by atoms with Gasteiger partial charge in [0.2, 0.25) is 5.88 Å². The van der Waals surface area contributed by atoms with Crippen molar-refractivity contribution in [3.63, 3.8) is 0 Å². The van der Waals surface area contributed by atoms with Crippen LogP contribution in [0.4, 0.5) is 0 Å². The van der Waals surface area contributed by atoms with Gasteiger partial charge in [-0.3, -0.25) is 0 Å². The van der Waals surface area contributed by atoms with Gasteiger partial charge in [0, 0.05) is 18.1 Å². The highest BCUT2D eigenvalue weighted by Crippen LogP contribution is 2.10. The fraction of sp³-hybridized carbons (Fsp3) is 0.300. The molecule has 0 aromatic carbocycles. The van der Waals surface area contributed by atoms with Crippen molar-refractivity contribution in [2.24, 2.45) is 0 Å². The fourth-order valence-corrected chi connectivity index (χ4v) is 0.998. The van der Waals surface area contributed by atoms with Crippen molar-refractivity contribution in [1.29, 1.82) is 0 Å². The SMILES string of the molecule is COc1ccc(/C=C(/C)CCl)cn1. The molecule has 0 radical (unpaired) electrons. The molecular formula is C10H12ClNO. The van der Waals surface area contributed by atoms with Gasteiger partial charge in [-0.05, 0) is 18.6 Å². The molecule has 1 aromatic rings. The molecule has 2 nitrogen and oxygen atoms in total. The summed E-state index contributed by atoms with van der Waals surface area (Å²) in [5.74, 6) is 1.17. The third-order valence-electron chi connectivity index (χ3n) is 1.59. The first-order valence-electron chi connectivity index (χ1n) is 3.99. The van der Waals surface area contributed by atoms with E-state index in [9.17, 15) is 0 Å². The van der Waals surface area contributed by atoms with Crippen LogP contribution in [0.5, 0.6) is 5.88 Å². The molecule has 3 heteroatoms. The highest BCUT2D eigenvalue weighted by molar-refractivity contribution is 6.19. The van der Waals surface area contributed by atoms with E-state index in [-0.39, 0.29) is 0 Å². The third-order valence-corrected chi connectivity index (χ3v) is 2.01. The van der Waals surface area contributed by atoms with Gasteiger partial charge in [0.15, 0.2) is 0 Å². The van der Waals surface area contributed by atoms with Crippen molar-refractivity contribution in [2.45, 2.75) is 6.92 Å². The summed E-state index contributed by atoms with van der Waals surface area (Å²) in [5, 5.41) is 0. The molecule has 0 atom stereocenters. The van der Waals surface area contributed by atoms with Crippen LogP contribution in [-0.2, 0) is 0 Å². The summed E-state index contributed by atoms with van der Waals surface area (Å²) < 4.78 is 4.94. The van der Waals surface area contributed by atoms with E-state index in [0.717, 1.165) is 11.1 Å². The van der Waals surface area contributed by atoms with Gasteiger partial charge in [0.25, 0.3) is 0 Å². The lowest BCUT2D eigenvalue weighted by Crippen LogP contribution is -1.87. The molecule has 0 N–H and O–H groups in total. The molecular weight excluding hydrogens is 186 g/mol. The second kappa shape index (κ2) is 4.87. The van der Waals surface area contributed by atoms with Crippen molar-refractivity contribution in [1.82, 2.24) is 4.98 Å². The lowest BCUT2D eigenvalue weighted by molar-refractivity contribution is 0.398. The molecule has 0 aliphatic rings. The molecule has 0 saturated heterocycles. The smallest absolute Gasteiger partial charge is 0.212 e. The molecule has 70 valence electrons. The van der Waals surface area contributed by atoms with E-state index < -0.39 is 0 Å². The number of pyridine rings is 1. The van der Waals surface area contributed by atoms with Gasteiger partial charge in [-0.1, -0.05) is 11.6 Å². The lowest BCUT2D eigenvalue weighted by atomic mass is 10.2. The number of hydrogen-bond acceptors (Lipinski definition) is 2. The topological polar surface area (TPSA) is 22.1 Å². The quantitative estimate of drug-likeness (QED) is 0.696. The average molecular weight is 198 g/mol. The van der Waals surface area contributed by atoms with Crippen molar-refractivity contribution in [3.05, 3.63) is 29.5 Å². The minimum Gasteiger partial charge on any atom is -0.481 e. The molecule has 1 rings (SSSR count). The molecule has 1 heterocycles. The maximum atomic E-state index is 5.65. The number of halogens is 1. The largest absolute Gasteiger partial charge is 0.481 e. The summed E-state index contributed by atoms with van der Waals surface area (Å²) in [4.78, 5) is 4.07. The maximum Gasteiger partial charge on any atom is 0.212 e. The molecule has 0 fully saturated rings. The van der Waals surface area contributed by atoms with E-state index in [2.05, 4.69) is 4.98 Å². The number of methoxy groups -OCH3 is 1. The number of allylic oxidation sites excluding steroid dienone is 1. The fourth-order valence-electron chi connectivity index (χ4n) is 0.921. The van der Waals surface area contributed by atoms with Gasteiger partial charge >= 0.3 is 0 Å². The number of alkyl halides is 1. The number of hydrogen-bond donors (Lipinski definition) is 0. The van der Waals surface area contributed by atoms with Gasteiger partial charge in [0.1, 0.15) is 0 Å². The Morgan fingerprint density at radius 2 is 2.38 bits per heavy atom. The molecule has 0 unspecified atom stereocenters. The van der Waals surface area contributed by atoms with E-state index in [1.807, 2.05) is 25.1 Å². The highest BCUT2D eigenvalue weighted by atomic mass is 35.5. The summed E-state index contributed by atoms with van der Waals surface area (Å²) in [7, 11) is 1.60. The molecule has 0 aliphatic heterocycles. The maximum absolute atomic E-state index is 5.65. The van der Waals surface area contributed by atoms with Gasteiger partial charge < -0.3 is 4.74 Å². The summed E-state index contributed by atoms with van der Waals surface area (Å²) >= 11 is 5.65. The lowest BCUT2D eigenvalue weighted by Gasteiger charge is -1.99. The van der Waals surface area contributed by atoms with E-state index in [1.165, 1.54) is 0 Å². The van der Waals surface area contributed by atoms with Crippen molar-refractivity contribution in [2.75, 3.05) is 13.0 Å². The Hall–Kier alpha value is -1.02. The molecule has 13 heavy (non-hydrogen) atoms. The van der Waals surface area contributed by atoms with Crippen LogP contribution in [0.1, 0.15) is 12.5 Å². The van der Waals surface area contributed by atoms with Gasteiger partial charge in [0.05, 0.1) is 7.11 Å². The van der Waals surface area contributed by atoms with Crippen molar-refractivity contribution >= 4 is 17.7 Å². The van der Waals surface area contributed by atoms with Crippen LogP contribution in [0.25, 0.3) is 6.08 Å². The zero-order valence-electron chi connectivity index (χ0n) is 7.75. The standard InChI is InChI=1S/C10H12ClNO/c1-8(6-11)5-9-3-4-10(13-2)12-7-9/h3-5,7H,6H2,1-2H3/b8-5-. The first-order valence-corrected chi connectivity index (χ1v) is 4.53. The van der Waals surface area contributed by atoms with Gasteiger partial charge in [-0.2, -0.15) is 0 Å². The van der Waals surface area contributed by atoms with Crippen LogP contribution < -0.4 is 4.74 Å². The van der Waals surface area contributed by atoms with E-state index >= 15 is 0 Å². The minimum atomic E-state index is 0.548. The second-order valence-electron chi connectivity index (χ2n) is 2.76. The monoisotopic (exact) mass is 197 g/mol. The normalized spacial score (nSPS) is 11.5. The first-order chi connectivity index (χ1) is 6.26. The molecule has 0 bridgehead atoms. The number of rotatable bonds is 3. The van der Waals surface area contributed by atoms with Crippen LogP contribution in [0, 0.1) is 0 Å². The summed E-state index contributed by atoms with van der Waals surface area (Å²) in [5.41, 5.74) is 2.16. The summed E-state index contributed by atoms with van der Waals surface area (Å²) in [6, 6.07) is 3.77. The van der Waals surface area contributed by atoms with Crippen LogP contribution in [-0.4, -0.2) is 18.0 Å². The third kappa shape index (κ3) is 3.07. The zero-order valence-corrected chi connectivity index (χ0v) is 8.51.